The Balaban J connectivity index is 2.25. The van der Waals surface area contributed by atoms with Gasteiger partial charge in [0.2, 0.25) is 0 Å². The van der Waals surface area contributed by atoms with Gasteiger partial charge in [0.05, 0.1) is 11.3 Å². The zero-order valence-corrected chi connectivity index (χ0v) is 8.88. The summed E-state index contributed by atoms with van der Waals surface area (Å²) in [5.74, 6) is 0. The van der Waals surface area contributed by atoms with Crippen molar-refractivity contribution in [2.24, 2.45) is 0 Å². The van der Waals surface area contributed by atoms with Gasteiger partial charge in [0.15, 0.2) is 0 Å². The van der Waals surface area contributed by atoms with E-state index < -0.39 is 0 Å². The molecule has 2 rings (SSSR count). The smallest absolute Gasteiger partial charge is 0.101 e. The van der Waals surface area contributed by atoms with Crippen LogP contribution < -0.4 is 11.1 Å². The van der Waals surface area contributed by atoms with Gasteiger partial charge in [-0.05, 0) is 44.4 Å². The zero-order valence-electron chi connectivity index (χ0n) is 8.88. The highest BCUT2D eigenvalue weighted by Gasteiger charge is 2.31. The molecule has 1 aromatic carbocycles. The summed E-state index contributed by atoms with van der Waals surface area (Å²) in [6, 6.07) is 7.59. The van der Waals surface area contributed by atoms with E-state index in [4.69, 9.17) is 11.0 Å². The second kappa shape index (κ2) is 3.47. The van der Waals surface area contributed by atoms with Crippen LogP contribution in [-0.2, 0) is 0 Å². The lowest BCUT2D eigenvalue weighted by Gasteiger charge is -2.40. The molecule has 1 saturated carbocycles. The van der Waals surface area contributed by atoms with Crippen molar-refractivity contribution in [1.82, 2.24) is 0 Å². The van der Waals surface area contributed by atoms with Crippen LogP contribution >= 0.6 is 0 Å². The predicted octanol–water partition coefficient (Wildman–Crippen LogP) is 2.49. The van der Waals surface area contributed by atoms with Gasteiger partial charge < -0.3 is 11.1 Å². The molecule has 3 heteroatoms. The van der Waals surface area contributed by atoms with Gasteiger partial charge in [0, 0.05) is 11.2 Å². The van der Waals surface area contributed by atoms with Crippen molar-refractivity contribution < 1.29 is 0 Å². The molecule has 0 unspecified atom stereocenters. The molecule has 15 heavy (non-hydrogen) atoms. The van der Waals surface area contributed by atoms with E-state index >= 15 is 0 Å². The highest BCUT2D eigenvalue weighted by Crippen LogP contribution is 2.35. The number of hydrogen-bond donors (Lipinski definition) is 2. The Hall–Kier alpha value is -1.69. The third-order valence-corrected chi connectivity index (χ3v) is 3.06. The number of nitrogens with one attached hydrogen (secondary N) is 1. The lowest BCUT2D eigenvalue weighted by atomic mass is 9.78. The van der Waals surface area contributed by atoms with Crippen LogP contribution in [-0.4, -0.2) is 5.54 Å². The molecule has 1 fully saturated rings. The van der Waals surface area contributed by atoms with Gasteiger partial charge in [-0.1, -0.05) is 0 Å². The first-order valence-corrected chi connectivity index (χ1v) is 5.21. The number of nitrogens with zero attached hydrogens (tertiary/aromatic N) is 1. The zero-order chi connectivity index (χ0) is 10.9. The Morgan fingerprint density at radius 2 is 2.20 bits per heavy atom. The summed E-state index contributed by atoms with van der Waals surface area (Å²) >= 11 is 0. The van der Waals surface area contributed by atoms with Crippen LogP contribution in [0.25, 0.3) is 0 Å². The van der Waals surface area contributed by atoms with Gasteiger partial charge in [-0.2, -0.15) is 5.26 Å². The fraction of sp³-hybridized carbons (Fsp3) is 0.417. The third-order valence-electron chi connectivity index (χ3n) is 3.06. The van der Waals surface area contributed by atoms with Gasteiger partial charge in [0.25, 0.3) is 0 Å². The summed E-state index contributed by atoms with van der Waals surface area (Å²) in [6.45, 7) is 2.19. The van der Waals surface area contributed by atoms with Crippen molar-refractivity contribution in [3.63, 3.8) is 0 Å². The van der Waals surface area contributed by atoms with E-state index in [0.29, 0.717) is 11.3 Å². The molecule has 0 atom stereocenters. The molecule has 1 aliphatic rings. The standard InChI is InChI=1S/C12H15N3/c1-12(5-2-6-12)15-11-4-3-10(14)7-9(11)8-13/h3-4,7,15H,2,5-6,14H2,1H3. The maximum Gasteiger partial charge on any atom is 0.101 e. The van der Waals surface area contributed by atoms with Gasteiger partial charge in [0.1, 0.15) is 6.07 Å². The highest BCUT2D eigenvalue weighted by atomic mass is 15.0. The quantitative estimate of drug-likeness (QED) is 0.722. The summed E-state index contributed by atoms with van der Waals surface area (Å²) in [6.07, 6.45) is 3.60. The minimum absolute atomic E-state index is 0.168. The monoisotopic (exact) mass is 201 g/mol. The molecule has 0 heterocycles. The number of nitrogen functional groups attached to an aromatic ring is 1. The fourth-order valence-corrected chi connectivity index (χ4v) is 1.92. The van der Waals surface area contributed by atoms with E-state index in [1.807, 2.05) is 12.1 Å². The molecule has 0 saturated heterocycles. The molecular formula is C12H15N3. The van der Waals surface area contributed by atoms with E-state index in [-0.39, 0.29) is 5.54 Å². The van der Waals surface area contributed by atoms with E-state index in [2.05, 4.69) is 18.3 Å². The van der Waals surface area contributed by atoms with Crippen molar-refractivity contribution in [1.29, 1.82) is 5.26 Å². The van der Waals surface area contributed by atoms with Crippen molar-refractivity contribution in [2.75, 3.05) is 11.1 Å². The molecule has 78 valence electrons. The van der Waals surface area contributed by atoms with Gasteiger partial charge in [-0.25, -0.2) is 0 Å². The van der Waals surface area contributed by atoms with Gasteiger partial charge in [-0.3, -0.25) is 0 Å². The molecule has 1 aromatic rings. The molecule has 0 radical (unpaired) electrons. The lowest BCUT2D eigenvalue weighted by Crippen LogP contribution is -2.41. The molecular weight excluding hydrogens is 186 g/mol. The first-order chi connectivity index (χ1) is 7.13. The maximum atomic E-state index is 8.98. The average Bonchev–Trinajstić information content (AvgIpc) is 2.18. The first-order valence-electron chi connectivity index (χ1n) is 5.21. The van der Waals surface area contributed by atoms with Crippen LogP contribution in [0, 0.1) is 11.3 Å². The number of rotatable bonds is 2. The van der Waals surface area contributed by atoms with Crippen LogP contribution in [0.3, 0.4) is 0 Å². The number of nitriles is 1. The minimum Gasteiger partial charge on any atom is -0.399 e. The van der Waals surface area contributed by atoms with E-state index in [9.17, 15) is 0 Å². The summed E-state index contributed by atoms with van der Waals surface area (Å²) < 4.78 is 0. The van der Waals surface area contributed by atoms with Crippen LogP contribution in [0.4, 0.5) is 11.4 Å². The number of hydrogen-bond acceptors (Lipinski definition) is 3. The van der Waals surface area contributed by atoms with Crippen molar-refractivity contribution in [3.05, 3.63) is 23.8 Å². The maximum absolute atomic E-state index is 8.98. The molecule has 0 amide bonds. The van der Waals surface area contributed by atoms with E-state index in [0.717, 1.165) is 5.69 Å². The molecule has 0 aliphatic heterocycles. The Morgan fingerprint density at radius 3 is 2.73 bits per heavy atom. The van der Waals surface area contributed by atoms with Crippen LogP contribution in [0.2, 0.25) is 0 Å². The second-order valence-electron chi connectivity index (χ2n) is 4.46. The van der Waals surface area contributed by atoms with Crippen LogP contribution in [0.1, 0.15) is 31.7 Å². The van der Waals surface area contributed by atoms with Gasteiger partial charge in [-0.15, -0.1) is 0 Å². The highest BCUT2D eigenvalue weighted by molar-refractivity contribution is 5.64. The second-order valence-corrected chi connectivity index (χ2v) is 4.46. The molecule has 0 aromatic heterocycles. The van der Waals surface area contributed by atoms with Gasteiger partial charge >= 0.3 is 0 Å². The Morgan fingerprint density at radius 1 is 1.47 bits per heavy atom. The summed E-state index contributed by atoms with van der Waals surface area (Å²) in [4.78, 5) is 0. The van der Waals surface area contributed by atoms with Crippen LogP contribution in [0.5, 0.6) is 0 Å². The van der Waals surface area contributed by atoms with Crippen molar-refractivity contribution in [3.8, 4) is 6.07 Å². The summed E-state index contributed by atoms with van der Waals surface area (Å²) in [5, 5.41) is 12.4. The SMILES string of the molecule is CC1(Nc2ccc(N)cc2C#N)CCC1. The normalized spacial score (nSPS) is 17.6. The Kier molecular flexibility index (Phi) is 2.28. The average molecular weight is 201 g/mol. The summed E-state index contributed by atoms with van der Waals surface area (Å²) in [5.41, 5.74) is 7.96. The number of nitrogens with two attached hydrogens (primary N) is 1. The van der Waals surface area contributed by atoms with E-state index in [1.54, 1.807) is 6.07 Å². The van der Waals surface area contributed by atoms with Crippen molar-refractivity contribution >= 4 is 11.4 Å². The van der Waals surface area contributed by atoms with Crippen molar-refractivity contribution in [2.45, 2.75) is 31.7 Å². The predicted molar refractivity (Wildman–Crippen MR) is 61.4 cm³/mol. The van der Waals surface area contributed by atoms with Crippen LogP contribution in [0.15, 0.2) is 18.2 Å². The molecule has 0 bridgehead atoms. The molecule has 3 nitrogen and oxygen atoms in total. The third kappa shape index (κ3) is 1.89. The molecule has 3 N–H and O–H groups in total. The lowest BCUT2D eigenvalue weighted by molar-refractivity contribution is 0.306. The topological polar surface area (TPSA) is 61.8 Å². The Labute approximate surface area is 89.9 Å². The minimum atomic E-state index is 0.168. The van der Waals surface area contributed by atoms with E-state index in [1.165, 1.54) is 19.3 Å². The largest absolute Gasteiger partial charge is 0.399 e. The molecule has 0 spiro atoms. The fourth-order valence-electron chi connectivity index (χ4n) is 1.92. The number of benzene rings is 1. The Bertz CT molecular complexity index is 413. The number of anilines is 2. The summed E-state index contributed by atoms with van der Waals surface area (Å²) in [7, 11) is 0. The molecule has 1 aliphatic carbocycles. The first kappa shape index (κ1) is 9.85.